The largest absolute Gasteiger partial charge is 0.444 e. The maximum absolute atomic E-state index is 12.0. The number of hydrogen-bond donors (Lipinski definition) is 1. The molecule has 1 amide bonds. The summed E-state index contributed by atoms with van der Waals surface area (Å²) in [7, 11) is 1.73. The Hall–Kier alpha value is -2.15. The Morgan fingerprint density at radius 1 is 1.39 bits per heavy atom. The van der Waals surface area contributed by atoms with Gasteiger partial charge in [0.2, 0.25) is 0 Å². The molecule has 0 saturated carbocycles. The third-order valence-electron chi connectivity index (χ3n) is 2.93. The first kappa shape index (κ1) is 17.2. The predicted molar refractivity (Wildman–Crippen MR) is 91.4 cm³/mol. The van der Waals surface area contributed by atoms with Crippen molar-refractivity contribution in [1.82, 2.24) is 14.5 Å². The topological polar surface area (TPSA) is 67.3 Å². The summed E-state index contributed by atoms with van der Waals surface area (Å²) in [6.45, 7) is 6.69. The molecule has 2 rings (SSSR count). The van der Waals surface area contributed by atoms with Gasteiger partial charge >= 0.3 is 6.09 Å². The van der Waals surface area contributed by atoms with Gasteiger partial charge in [-0.25, -0.2) is 4.79 Å². The van der Waals surface area contributed by atoms with E-state index >= 15 is 0 Å². The second-order valence-corrected chi connectivity index (χ2v) is 6.90. The van der Waals surface area contributed by atoms with Crippen LogP contribution < -0.4 is 5.32 Å². The third-order valence-corrected chi connectivity index (χ3v) is 3.48. The lowest BCUT2D eigenvalue weighted by molar-refractivity contribution is 0.0285. The molecule has 0 atom stereocenters. The summed E-state index contributed by atoms with van der Waals surface area (Å²) < 4.78 is 9.19. The zero-order chi connectivity index (χ0) is 16.9. The van der Waals surface area contributed by atoms with E-state index < -0.39 is 5.60 Å². The van der Waals surface area contributed by atoms with Crippen molar-refractivity contribution in [2.45, 2.75) is 39.5 Å². The highest BCUT2D eigenvalue weighted by molar-refractivity contribution is 7.03. The fourth-order valence-corrected chi connectivity index (χ4v) is 2.36. The zero-order valence-corrected chi connectivity index (χ0v) is 14.7. The molecule has 1 heterocycles. The van der Waals surface area contributed by atoms with Crippen molar-refractivity contribution in [3.05, 3.63) is 40.9 Å². The van der Waals surface area contributed by atoms with Crippen LogP contribution in [0.4, 0.5) is 10.5 Å². The number of benzene rings is 1. The van der Waals surface area contributed by atoms with E-state index in [1.165, 1.54) is 11.5 Å². The Bertz CT molecular complexity index is 638. The lowest BCUT2D eigenvalue weighted by Gasteiger charge is -2.24. The molecule has 0 fully saturated rings. The average Bonchev–Trinajstić information content (AvgIpc) is 2.97. The molecule has 2 aromatic rings. The number of carbonyl (C=O) groups is 1. The first-order valence-corrected chi connectivity index (χ1v) is 8.20. The minimum atomic E-state index is -0.490. The summed E-state index contributed by atoms with van der Waals surface area (Å²) in [5.41, 5.74) is 2.43. The molecule has 1 aromatic carbocycles. The van der Waals surface area contributed by atoms with Crippen molar-refractivity contribution >= 4 is 23.3 Å². The number of amides is 1. The number of nitrogens with one attached hydrogen (secondary N) is 1. The molecule has 0 aliphatic rings. The Balaban J connectivity index is 1.92. The summed E-state index contributed by atoms with van der Waals surface area (Å²) >= 11 is 1.33. The van der Waals surface area contributed by atoms with Crippen molar-refractivity contribution in [1.29, 1.82) is 0 Å². The van der Waals surface area contributed by atoms with Gasteiger partial charge in [-0.15, -0.1) is 5.10 Å². The van der Waals surface area contributed by atoms with E-state index in [2.05, 4.69) is 14.9 Å². The molecular weight excluding hydrogens is 312 g/mol. The van der Waals surface area contributed by atoms with Gasteiger partial charge in [0.05, 0.1) is 12.2 Å². The fraction of sp³-hybridized carbons (Fsp3) is 0.438. The zero-order valence-electron chi connectivity index (χ0n) is 13.9. The standard InChI is InChI=1S/C16H22N4O2S/c1-16(2,3)22-15(21)20(4)10-12-6-5-7-13(8-12)17-9-14-11-23-19-18-14/h5-8,11,17H,9-10H2,1-4H3. The number of ether oxygens (including phenoxy) is 1. The second-order valence-electron chi connectivity index (χ2n) is 6.29. The maximum atomic E-state index is 12.0. The molecule has 0 saturated heterocycles. The van der Waals surface area contributed by atoms with E-state index in [9.17, 15) is 4.79 Å². The molecule has 6 nitrogen and oxygen atoms in total. The van der Waals surface area contributed by atoms with Crippen LogP contribution in [0.1, 0.15) is 32.0 Å². The van der Waals surface area contributed by atoms with E-state index in [4.69, 9.17) is 4.74 Å². The number of hydrogen-bond acceptors (Lipinski definition) is 6. The van der Waals surface area contributed by atoms with Crippen LogP contribution in [-0.2, 0) is 17.8 Å². The van der Waals surface area contributed by atoms with Crippen molar-refractivity contribution in [2.24, 2.45) is 0 Å². The normalized spacial score (nSPS) is 11.1. The van der Waals surface area contributed by atoms with E-state index in [-0.39, 0.29) is 6.09 Å². The Morgan fingerprint density at radius 2 is 2.17 bits per heavy atom. The van der Waals surface area contributed by atoms with E-state index in [1.807, 2.05) is 50.4 Å². The molecule has 7 heteroatoms. The minimum absolute atomic E-state index is 0.329. The lowest BCUT2D eigenvalue weighted by atomic mass is 10.2. The van der Waals surface area contributed by atoms with Gasteiger partial charge in [-0.3, -0.25) is 0 Å². The second kappa shape index (κ2) is 7.41. The first-order chi connectivity index (χ1) is 10.8. The molecule has 0 unspecified atom stereocenters. The highest BCUT2D eigenvalue weighted by Gasteiger charge is 2.19. The minimum Gasteiger partial charge on any atom is -0.444 e. The van der Waals surface area contributed by atoms with E-state index in [0.717, 1.165) is 16.9 Å². The predicted octanol–water partition coefficient (Wildman–Crippen LogP) is 3.52. The van der Waals surface area contributed by atoms with Crippen LogP contribution in [0.2, 0.25) is 0 Å². The van der Waals surface area contributed by atoms with Gasteiger partial charge in [-0.05, 0) is 50.0 Å². The van der Waals surface area contributed by atoms with Crippen molar-refractivity contribution in [3.8, 4) is 0 Å². The van der Waals surface area contributed by atoms with Crippen molar-refractivity contribution in [2.75, 3.05) is 12.4 Å². The molecule has 0 aliphatic heterocycles. The van der Waals surface area contributed by atoms with Gasteiger partial charge in [0.15, 0.2) is 0 Å². The van der Waals surface area contributed by atoms with Gasteiger partial charge in [-0.2, -0.15) is 0 Å². The van der Waals surface area contributed by atoms with Crippen LogP contribution >= 0.6 is 11.5 Å². The highest BCUT2D eigenvalue weighted by atomic mass is 32.1. The van der Waals surface area contributed by atoms with Crippen LogP contribution in [0.3, 0.4) is 0 Å². The third kappa shape index (κ3) is 5.86. The molecule has 1 N–H and O–H groups in total. The number of nitrogens with zero attached hydrogens (tertiary/aromatic N) is 3. The molecule has 124 valence electrons. The quantitative estimate of drug-likeness (QED) is 0.906. The Labute approximate surface area is 140 Å². The Morgan fingerprint density at radius 3 is 2.83 bits per heavy atom. The lowest BCUT2D eigenvalue weighted by Crippen LogP contribution is -2.33. The van der Waals surface area contributed by atoms with Crippen LogP contribution in [0, 0.1) is 0 Å². The van der Waals surface area contributed by atoms with E-state index in [1.54, 1.807) is 11.9 Å². The van der Waals surface area contributed by atoms with Gasteiger partial charge < -0.3 is 15.0 Å². The molecule has 0 bridgehead atoms. The number of carbonyl (C=O) groups excluding carboxylic acids is 1. The summed E-state index contributed by atoms with van der Waals surface area (Å²) in [6.07, 6.45) is -0.329. The summed E-state index contributed by atoms with van der Waals surface area (Å²) in [6, 6.07) is 7.94. The Kier molecular flexibility index (Phi) is 5.54. The van der Waals surface area contributed by atoms with Crippen LogP contribution in [-0.4, -0.2) is 33.2 Å². The maximum Gasteiger partial charge on any atom is 0.410 e. The molecule has 0 radical (unpaired) electrons. The number of anilines is 1. The monoisotopic (exact) mass is 334 g/mol. The molecule has 23 heavy (non-hydrogen) atoms. The smallest absolute Gasteiger partial charge is 0.410 e. The van der Waals surface area contributed by atoms with E-state index in [0.29, 0.717) is 13.1 Å². The van der Waals surface area contributed by atoms with Gasteiger partial charge in [0.1, 0.15) is 5.60 Å². The van der Waals surface area contributed by atoms with Crippen LogP contribution in [0.15, 0.2) is 29.6 Å². The SMILES string of the molecule is CN(Cc1cccc(NCc2csnn2)c1)C(=O)OC(C)(C)C. The van der Waals surface area contributed by atoms with Crippen molar-refractivity contribution < 1.29 is 9.53 Å². The summed E-state index contributed by atoms with van der Waals surface area (Å²) in [5, 5.41) is 9.20. The molecule has 1 aromatic heterocycles. The fourth-order valence-electron chi connectivity index (χ4n) is 1.91. The average molecular weight is 334 g/mol. The highest BCUT2D eigenvalue weighted by Crippen LogP contribution is 2.15. The summed E-state index contributed by atoms with van der Waals surface area (Å²) in [4.78, 5) is 13.6. The summed E-state index contributed by atoms with van der Waals surface area (Å²) in [5.74, 6) is 0. The van der Waals surface area contributed by atoms with Crippen molar-refractivity contribution in [3.63, 3.8) is 0 Å². The first-order valence-electron chi connectivity index (χ1n) is 7.36. The van der Waals surface area contributed by atoms with Crippen LogP contribution in [0.5, 0.6) is 0 Å². The molecule has 0 spiro atoms. The number of rotatable bonds is 5. The number of aromatic nitrogens is 2. The van der Waals surface area contributed by atoms with Gasteiger partial charge in [0, 0.05) is 24.7 Å². The molecular formula is C16H22N4O2S. The van der Waals surface area contributed by atoms with Gasteiger partial charge in [0.25, 0.3) is 0 Å². The van der Waals surface area contributed by atoms with Gasteiger partial charge in [-0.1, -0.05) is 16.6 Å². The molecule has 0 aliphatic carbocycles. The van der Waals surface area contributed by atoms with Crippen LogP contribution in [0.25, 0.3) is 0 Å².